The average Bonchev–Trinajstić information content (AvgIpc) is 3.09. The van der Waals surface area contributed by atoms with E-state index in [1.807, 2.05) is 12.2 Å². The van der Waals surface area contributed by atoms with Crippen LogP contribution in [0.5, 0.6) is 0 Å². The van der Waals surface area contributed by atoms with Gasteiger partial charge in [0.2, 0.25) is 5.91 Å². The maximum atomic E-state index is 12.5. The fourth-order valence-electron chi connectivity index (χ4n) is 3.63. The molecule has 1 aromatic carbocycles. The molecule has 1 aromatic rings. The number of nitro groups is 1. The minimum absolute atomic E-state index is 0.0783. The monoisotopic (exact) mass is 316 g/mol. The second-order valence-electron chi connectivity index (χ2n) is 6.09. The van der Waals surface area contributed by atoms with Gasteiger partial charge >= 0.3 is 5.97 Å². The summed E-state index contributed by atoms with van der Waals surface area (Å²) in [6.45, 7) is 1.62. The Labute approximate surface area is 132 Å². The number of rotatable bonds is 4. The van der Waals surface area contributed by atoms with Crippen molar-refractivity contribution >= 4 is 23.3 Å². The van der Waals surface area contributed by atoms with Crippen LogP contribution in [0.25, 0.3) is 0 Å². The molecule has 23 heavy (non-hydrogen) atoms. The van der Waals surface area contributed by atoms with Crippen molar-refractivity contribution in [3.05, 3.63) is 46.0 Å². The minimum Gasteiger partial charge on any atom is -0.481 e. The first-order valence-corrected chi connectivity index (χ1v) is 7.35. The maximum absolute atomic E-state index is 12.5. The molecule has 0 aliphatic heterocycles. The normalized spacial score (nSPS) is 27.9. The molecule has 0 aromatic heterocycles. The third-order valence-corrected chi connectivity index (χ3v) is 4.72. The molecule has 0 saturated heterocycles. The first-order chi connectivity index (χ1) is 10.9. The van der Waals surface area contributed by atoms with E-state index in [9.17, 15) is 24.8 Å². The zero-order valence-electron chi connectivity index (χ0n) is 12.4. The number of carbonyl (C=O) groups is 2. The number of carboxylic acid groups (broad SMARTS) is 1. The molecule has 2 bridgehead atoms. The number of carboxylic acids is 1. The third kappa shape index (κ3) is 2.58. The zero-order valence-corrected chi connectivity index (χ0v) is 12.4. The van der Waals surface area contributed by atoms with Gasteiger partial charge in [-0.25, -0.2) is 0 Å². The Morgan fingerprint density at radius 2 is 1.91 bits per heavy atom. The van der Waals surface area contributed by atoms with Gasteiger partial charge in [-0.1, -0.05) is 18.2 Å². The van der Waals surface area contributed by atoms with Crippen LogP contribution in [0, 0.1) is 40.7 Å². The van der Waals surface area contributed by atoms with E-state index in [2.05, 4.69) is 5.32 Å². The summed E-state index contributed by atoms with van der Waals surface area (Å²) in [6, 6.07) is 4.44. The summed E-state index contributed by atoms with van der Waals surface area (Å²) in [6.07, 6.45) is 4.43. The third-order valence-electron chi connectivity index (χ3n) is 4.72. The van der Waals surface area contributed by atoms with Gasteiger partial charge in [-0.2, -0.15) is 0 Å². The predicted molar refractivity (Wildman–Crippen MR) is 81.8 cm³/mol. The lowest BCUT2D eigenvalue weighted by atomic mass is 9.82. The lowest BCUT2D eigenvalue weighted by Gasteiger charge is -2.23. The number of hydrogen-bond acceptors (Lipinski definition) is 4. The number of nitrogens with one attached hydrogen (secondary N) is 1. The van der Waals surface area contributed by atoms with Gasteiger partial charge in [0.1, 0.15) is 0 Å². The van der Waals surface area contributed by atoms with Crippen LogP contribution >= 0.6 is 0 Å². The summed E-state index contributed by atoms with van der Waals surface area (Å²) < 4.78 is 0. The summed E-state index contributed by atoms with van der Waals surface area (Å²) in [7, 11) is 0. The predicted octanol–water partition coefficient (Wildman–Crippen LogP) is 2.36. The Kier molecular flexibility index (Phi) is 3.63. The van der Waals surface area contributed by atoms with E-state index in [-0.39, 0.29) is 17.5 Å². The number of anilines is 1. The Balaban J connectivity index is 1.82. The van der Waals surface area contributed by atoms with Gasteiger partial charge in [-0.3, -0.25) is 19.7 Å². The highest BCUT2D eigenvalue weighted by Crippen LogP contribution is 2.48. The second-order valence-corrected chi connectivity index (χ2v) is 6.09. The summed E-state index contributed by atoms with van der Waals surface area (Å²) in [5, 5.41) is 23.0. The average molecular weight is 316 g/mol. The SMILES string of the molecule is Cc1ccc(NC(=O)[C@@H]2[C@H](C(=O)O)[C@H]3C=C[C@H]2C3)cc1[N+](=O)[O-]. The number of benzene rings is 1. The van der Waals surface area contributed by atoms with Gasteiger partial charge in [0.15, 0.2) is 0 Å². The van der Waals surface area contributed by atoms with Crippen molar-refractivity contribution in [3.8, 4) is 0 Å². The number of nitrogens with zero attached hydrogens (tertiary/aromatic N) is 1. The van der Waals surface area contributed by atoms with Crippen molar-refractivity contribution in [2.75, 3.05) is 5.32 Å². The van der Waals surface area contributed by atoms with Crippen LogP contribution in [-0.2, 0) is 9.59 Å². The topological polar surface area (TPSA) is 110 Å². The molecule has 7 heteroatoms. The number of allylic oxidation sites excluding steroid dienone is 2. The van der Waals surface area contributed by atoms with Crippen LogP contribution < -0.4 is 5.32 Å². The van der Waals surface area contributed by atoms with E-state index >= 15 is 0 Å². The first kappa shape index (κ1) is 15.2. The van der Waals surface area contributed by atoms with Crippen molar-refractivity contribution in [1.82, 2.24) is 0 Å². The molecule has 0 unspecified atom stereocenters. The highest BCUT2D eigenvalue weighted by Gasteiger charge is 2.51. The van der Waals surface area contributed by atoms with Gasteiger partial charge in [0, 0.05) is 17.3 Å². The lowest BCUT2D eigenvalue weighted by molar-refractivity contribution is -0.385. The minimum atomic E-state index is -0.975. The number of fused-ring (bicyclic) bond motifs is 2. The van der Waals surface area contributed by atoms with E-state index < -0.39 is 28.6 Å². The molecule has 3 rings (SSSR count). The molecular formula is C16H16N2O5. The van der Waals surface area contributed by atoms with Crippen LogP contribution in [-0.4, -0.2) is 21.9 Å². The van der Waals surface area contributed by atoms with E-state index in [1.165, 1.54) is 6.07 Å². The Morgan fingerprint density at radius 3 is 2.52 bits per heavy atom. The van der Waals surface area contributed by atoms with Crippen molar-refractivity contribution in [3.63, 3.8) is 0 Å². The zero-order chi connectivity index (χ0) is 16.7. The number of nitro benzene ring substituents is 1. The van der Waals surface area contributed by atoms with Crippen LogP contribution in [0.1, 0.15) is 12.0 Å². The quantitative estimate of drug-likeness (QED) is 0.503. The molecule has 0 heterocycles. The van der Waals surface area contributed by atoms with E-state index in [0.717, 1.165) is 0 Å². The van der Waals surface area contributed by atoms with Crippen LogP contribution in [0.3, 0.4) is 0 Å². The molecule has 2 N–H and O–H groups in total. The van der Waals surface area contributed by atoms with E-state index in [0.29, 0.717) is 17.7 Å². The fourth-order valence-corrected chi connectivity index (χ4v) is 3.63. The number of hydrogen-bond donors (Lipinski definition) is 2. The molecule has 120 valence electrons. The number of aryl methyl sites for hydroxylation is 1. The van der Waals surface area contributed by atoms with Gasteiger partial charge in [-0.05, 0) is 31.2 Å². The van der Waals surface area contributed by atoms with E-state index in [4.69, 9.17) is 0 Å². The largest absolute Gasteiger partial charge is 0.481 e. The Hall–Kier alpha value is -2.70. The van der Waals surface area contributed by atoms with Gasteiger partial charge in [-0.15, -0.1) is 0 Å². The van der Waals surface area contributed by atoms with Gasteiger partial charge in [0.05, 0.1) is 16.8 Å². The molecular weight excluding hydrogens is 300 g/mol. The molecule has 2 aliphatic rings. The standard InChI is InChI=1S/C16H16N2O5/c1-8-2-5-11(7-12(8)18(22)23)17-15(19)13-9-3-4-10(6-9)14(13)16(20)21/h2-5,7,9-10,13-14H,6H2,1H3,(H,17,19)(H,20,21)/t9-,10-,13-,14+/m0/s1. The van der Waals surface area contributed by atoms with Crippen LogP contribution in [0.15, 0.2) is 30.4 Å². The molecule has 4 atom stereocenters. The molecule has 1 fully saturated rings. The van der Waals surface area contributed by atoms with Crippen molar-refractivity contribution in [1.29, 1.82) is 0 Å². The van der Waals surface area contributed by atoms with E-state index in [1.54, 1.807) is 19.1 Å². The smallest absolute Gasteiger partial charge is 0.307 e. The Bertz CT molecular complexity index is 727. The number of carbonyl (C=O) groups excluding carboxylic acids is 1. The lowest BCUT2D eigenvalue weighted by Crippen LogP contribution is -2.36. The van der Waals surface area contributed by atoms with Crippen molar-refractivity contribution < 1.29 is 19.6 Å². The Morgan fingerprint density at radius 1 is 1.26 bits per heavy atom. The number of amides is 1. The highest BCUT2D eigenvalue weighted by atomic mass is 16.6. The first-order valence-electron chi connectivity index (χ1n) is 7.35. The fraction of sp³-hybridized carbons (Fsp3) is 0.375. The summed E-state index contributed by atoms with van der Waals surface area (Å²) in [5.74, 6) is -2.93. The molecule has 2 aliphatic carbocycles. The van der Waals surface area contributed by atoms with Gasteiger partial charge < -0.3 is 10.4 Å². The molecule has 0 spiro atoms. The van der Waals surface area contributed by atoms with Gasteiger partial charge in [0.25, 0.3) is 5.69 Å². The summed E-state index contributed by atoms with van der Waals surface area (Å²) in [4.78, 5) is 34.4. The second kappa shape index (κ2) is 5.49. The molecule has 7 nitrogen and oxygen atoms in total. The summed E-state index contributed by atoms with van der Waals surface area (Å²) >= 11 is 0. The highest BCUT2D eigenvalue weighted by molar-refractivity contribution is 5.96. The molecule has 1 saturated carbocycles. The molecule has 0 radical (unpaired) electrons. The van der Waals surface area contributed by atoms with Crippen LogP contribution in [0.2, 0.25) is 0 Å². The van der Waals surface area contributed by atoms with Crippen molar-refractivity contribution in [2.24, 2.45) is 23.7 Å². The summed E-state index contributed by atoms with van der Waals surface area (Å²) in [5.41, 5.74) is 0.730. The molecule has 1 amide bonds. The maximum Gasteiger partial charge on any atom is 0.307 e. The number of aliphatic carboxylic acids is 1. The van der Waals surface area contributed by atoms with Crippen molar-refractivity contribution in [2.45, 2.75) is 13.3 Å². The van der Waals surface area contributed by atoms with Crippen LogP contribution in [0.4, 0.5) is 11.4 Å².